The maximum absolute atomic E-state index is 14.2. The van der Waals surface area contributed by atoms with Gasteiger partial charge in [0.2, 0.25) is 0 Å². The van der Waals surface area contributed by atoms with Gasteiger partial charge >= 0.3 is 0 Å². The average molecular weight is 905 g/mol. The molecule has 3 aromatic rings. The van der Waals surface area contributed by atoms with Gasteiger partial charge in [-0.2, -0.15) is 0 Å². The summed E-state index contributed by atoms with van der Waals surface area (Å²) in [4.78, 5) is 58.9. The number of rotatable bonds is 11. The fourth-order valence-electron chi connectivity index (χ4n) is 7.11. The number of amides is 4. The summed E-state index contributed by atoms with van der Waals surface area (Å²) in [5.41, 5.74) is 6.02. The molecule has 0 radical (unpaired) electrons. The van der Waals surface area contributed by atoms with Crippen LogP contribution in [0.2, 0.25) is 0 Å². The molecular formula is C58H84N2O6. The third-order valence-electron chi connectivity index (χ3n) is 11.4. The smallest absolute Gasteiger partial charge is 0.262 e. The lowest BCUT2D eigenvalue weighted by molar-refractivity contribution is 0.0570. The number of hydrogen-bond donors (Lipinski definition) is 0. The number of ether oxygens (including phenoxy) is 2. The Morgan fingerprint density at radius 3 is 1.35 bits per heavy atom. The molecule has 362 valence electrons. The van der Waals surface area contributed by atoms with Gasteiger partial charge in [-0.05, 0) is 118 Å². The molecular weight excluding hydrogens is 821 g/mol. The van der Waals surface area contributed by atoms with Gasteiger partial charge in [-0.3, -0.25) is 29.0 Å². The van der Waals surface area contributed by atoms with Crippen molar-refractivity contribution in [3.8, 4) is 23.7 Å². The van der Waals surface area contributed by atoms with E-state index in [4.69, 9.17) is 9.47 Å². The van der Waals surface area contributed by atoms with E-state index < -0.39 is 17.7 Å². The molecule has 1 atom stereocenters. The second kappa shape index (κ2) is 26.0. The highest BCUT2D eigenvalue weighted by atomic mass is 16.5. The van der Waals surface area contributed by atoms with Crippen molar-refractivity contribution < 1.29 is 28.7 Å². The molecule has 2 heterocycles. The van der Waals surface area contributed by atoms with Crippen molar-refractivity contribution in [1.82, 2.24) is 9.80 Å². The molecule has 0 bridgehead atoms. The largest absolute Gasteiger partial charge is 0.382 e. The summed E-state index contributed by atoms with van der Waals surface area (Å²) in [6, 6.07) is 7.44. The molecule has 2 aliphatic rings. The Kier molecular flexibility index (Phi) is 22.6. The van der Waals surface area contributed by atoms with Crippen molar-refractivity contribution in [2.75, 3.05) is 26.8 Å². The Hall–Kier alpha value is -4.76. The first-order valence-electron chi connectivity index (χ1n) is 24.4. The van der Waals surface area contributed by atoms with E-state index in [1.54, 1.807) is 19.2 Å². The van der Waals surface area contributed by atoms with Gasteiger partial charge in [-0.25, -0.2) is 0 Å². The molecule has 0 saturated carbocycles. The molecule has 66 heavy (non-hydrogen) atoms. The van der Waals surface area contributed by atoms with Crippen LogP contribution in [-0.2, 0) is 9.47 Å². The van der Waals surface area contributed by atoms with E-state index in [2.05, 4.69) is 92.9 Å². The van der Waals surface area contributed by atoms with E-state index >= 15 is 0 Å². The number of nitrogens with zero attached hydrogens (tertiary/aromatic N) is 2. The zero-order valence-corrected chi connectivity index (χ0v) is 44.7. The molecule has 8 nitrogen and oxygen atoms in total. The third kappa shape index (κ3) is 15.4. The number of hydrogen-bond acceptors (Lipinski definition) is 6. The van der Waals surface area contributed by atoms with Crippen LogP contribution in [0.25, 0.3) is 10.8 Å². The molecule has 0 saturated heterocycles. The predicted molar refractivity (Wildman–Crippen MR) is 274 cm³/mol. The van der Waals surface area contributed by atoms with Gasteiger partial charge in [-0.15, -0.1) is 0 Å². The van der Waals surface area contributed by atoms with Gasteiger partial charge in [0.1, 0.15) is 0 Å². The average Bonchev–Trinajstić information content (AvgIpc) is 3.23. The van der Waals surface area contributed by atoms with Gasteiger partial charge in [0.15, 0.2) is 0 Å². The minimum Gasteiger partial charge on any atom is -0.382 e. The minimum absolute atomic E-state index is 0.0390. The van der Waals surface area contributed by atoms with Gasteiger partial charge in [0, 0.05) is 71.3 Å². The lowest BCUT2D eigenvalue weighted by Gasteiger charge is -2.35. The lowest BCUT2D eigenvalue weighted by atomic mass is 9.79. The van der Waals surface area contributed by atoms with E-state index in [0.29, 0.717) is 56.7 Å². The SMILES string of the molecule is CC(C)COC(C)C.CCC(C)C(C)C.COC(C)C.Cc1cc(C#CC(C)C)c(C)cc1C#Cc1cc2c3c(c(C(C)C)cc4c3c1C(=O)N(CC(C)C)C4=O)C(=O)N(CC(C)C)C2=O. The standard InChI is InChI=1S/C40H42N2O4.C7H16O.C7H16.C4H10O/c1-21(2)11-12-27-15-26(10)28(16-25(27)9)13-14-29-17-31-35-34-32(38(44)41(19-22(3)4)39(45)33(29)34)18-30(24(7)8)36(35)40(46)42(37(31)43)20-23(5)6;1-6(2)5-8-7(3)4;1-5-7(4)6(2)3;1-4(2)5-3/h15-18,21-24H,19-20H2,1-10H3;6-7H,5H2,1-4H3;6-7H,5H2,1-4H3;4H,1-3H3. The highest BCUT2D eigenvalue weighted by Gasteiger charge is 2.43. The number of aryl methyl sites for hydroxylation is 2. The van der Waals surface area contributed by atoms with Crippen molar-refractivity contribution in [2.45, 2.75) is 163 Å². The highest BCUT2D eigenvalue weighted by molar-refractivity contribution is 6.34. The molecule has 2 aliphatic heterocycles. The van der Waals surface area contributed by atoms with Crippen LogP contribution in [0.4, 0.5) is 0 Å². The van der Waals surface area contributed by atoms with Crippen LogP contribution in [0.1, 0.15) is 212 Å². The van der Waals surface area contributed by atoms with Gasteiger partial charge in [0.25, 0.3) is 23.6 Å². The van der Waals surface area contributed by atoms with E-state index in [-0.39, 0.29) is 48.2 Å². The number of carbonyl (C=O) groups excluding carboxylic acids is 4. The number of methoxy groups -OCH3 is 1. The monoisotopic (exact) mass is 905 g/mol. The zero-order chi connectivity index (χ0) is 50.5. The first kappa shape index (κ1) is 57.4. The normalized spacial score (nSPS) is 13.5. The molecule has 0 N–H and O–H groups in total. The molecule has 3 aromatic carbocycles. The van der Waals surface area contributed by atoms with Crippen LogP contribution < -0.4 is 0 Å². The summed E-state index contributed by atoms with van der Waals surface area (Å²) in [5.74, 6) is 14.0. The van der Waals surface area contributed by atoms with E-state index in [1.807, 2.05) is 81.4 Å². The quantitative estimate of drug-likeness (QED) is 0.141. The van der Waals surface area contributed by atoms with E-state index in [1.165, 1.54) is 16.2 Å². The number of imide groups is 2. The Morgan fingerprint density at radius 2 is 0.985 bits per heavy atom. The Balaban J connectivity index is 0.000000623. The predicted octanol–water partition coefficient (Wildman–Crippen LogP) is 13.3. The maximum Gasteiger partial charge on any atom is 0.262 e. The number of carbonyl (C=O) groups is 4. The van der Waals surface area contributed by atoms with Crippen LogP contribution >= 0.6 is 0 Å². The second-order valence-electron chi connectivity index (χ2n) is 20.7. The van der Waals surface area contributed by atoms with Crippen molar-refractivity contribution in [2.24, 2.45) is 35.5 Å². The second-order valence-corrected chi connectivity index (χ2v) is 20.7. The molecule has 4 amide bonds. The van der Waals surface area contributed by atoms with Crippen molar-refractivity contribution in [3.63, 3.8) is 0 Å². The van der Waals surface area contributed by atoms with Crippen LogP contribution in [0, 0.1) is 73.0 Å². The highest BCUT2D eigenvalue weighted by Crippen LogP contribution is 2.43. The first-order valence-corrected chi connectivity index (χ1v) is 24.4. The Bertz CT molecular complexity index is 2300. The lowest BCUT2D eigenvalue weighted by Crippen LogP contribution is -2.46. The van der Waals surface area contributed by atoms with Gasteiger partial charge in [0.05, 0.1) is 23.3 Å². The molecule has 0 fully saturated rings. The van der Waals surface area contributed by atoms with Crippen LogP contribution in [0.15, 0.2) is 24.3 Å². The summed E-state index contributed by atoms with van der Waals surface area (Å²) >= 11 is 0. The Morgan fingerprint density at radius 1 is 0.545 bits per heavy atom. The maximum atomic E-state index is 14.2. The van der Waals surface area contributed by atoms with Crippen molar-refractivity contribution in [3.05, 3.63) is 79.9 Å². The summed E-state index contributed by atoms with van der Waals surface area (Å²) in [5, 5.41) is 0.747. The Labute approximate surface area is 400 Å². The van der Waals surface area contributed by atoms with Crippen LogP contribution in [0.3, 0.4) is 0 Å². The van der Waals surface area contributed by atoms with E-state index in [0.717, 1.165) is 40.7 Å². The van der Waals surface area contributed by atoms with Crippen molar-refractivity contribution >= 4 is 34.4 Å². The molecule has 0 aromatic heterocycles. The van der Waals surface area contributed by atoms with Gasteiger partial charge < -0.3 is 9.47 Å². The molecule has 8 heteroatoms. The minimum atomic E-state index is -0.456. The molecule has 0 aliphatic carbocycles. The molecule has 5 rings (SSSR count). The number of benzene rings is 3. The fourth-order valence-corrected chi connectivity index (χ4v) is 7.11. The fraction of sp³-hybridized carbons (Fsp3) is 0.586. The summed E-state index contributed by atoms with van der Waals surface area (Å²) < 4.78 is 10.1. The topological polar surface area (TPSA) is 93.2 Å². The van der Waals surface area contributed by atoms with Crippen LogP contribution in [-0.4, -0.2) is 72.4 Å². The zero-order valence-electron chi connectivity index (χ0n) is 44.7. The summed E-state index contributed by atoms with van der Waals surface area (Å²) in [6.45, 7) is 42.7. The molecule has 1 unspecified atom stereocenters. The summed E-state index contributed by atoms with van der Waals surface area (Å²) in [6.07, 6.45) is 2.09. The van der Waals surface area contributed by atoms with Crippen LogP contribution in [0.5, 0.6) is 0 Å². The summed E-state index contributed by atoms with van der Waals surface area (Å²) in [7, 11) is 1.70. The van der Waals surface area contributed by atoms with Gasteiger partial charge in [-0.1, -0.05) is 127 Å². The third-order valence-corrected chi connectivity index (χ3v) is 11.4. The molecule has 0 spiro atoms. The van der Waals surface area contributed by atoms with E-state index in [9.17, 15) is 19.2 Å². The van der Waals surface area contributed by atoms with Crippen molar-refractivity contribution in [1.29, 1.82) is 0 Å². The first-order chi connectivity index (χ1) is 30.7.